The van der Waals surface area contributed by atoms with Crippen LogP contribution >= 0.6 is 0 Å². The summed E-state index contributed by atoms with van der Waals surface area (Å²) >= 11 is 0. The van der Waals surface area contributed by atoms with E-state index >= 15 is 0 Å². The zero-order valence-electron chi connectivity index (χ0n) is 16.8. The molecule has 0 radical (unpaired) electrons. The van der Waals surface area contributed by atoms with Crippen molar-refractivity contribution < 1.29 is 0 Å². The summed E-state index contributed by atoms with van der Waals surface area (Å²) in [4.78, 5) is 0. The molecule has 0 aliphatic heterocycles. The number of fused-ring (bicyclic) bond motifs is 9. The molecule has 0 heteroatoms. The second kappa shape index (κ2) is 5.07. The van der Waals surface area contributed by atoms with E-state index in [0.29, 0.717) is 0 Å². The van der Waals surface area contributed by atoms with Crippen molar-refractivity contribution in [3.05, 3.63) is 106 Å². The summed E-state index contributed by atoms with van der Waals surface area (Å²) in [5, 5.41) is 0. The van der Waals surface area contributed by atoms with Gasteiger partial charge < -0.3 is 0 Å². The lowest BCUT2D eigenvalue weighted by Gasteiger charge is -2.22. The topological polar surface area (TPSA) is 0 Å². The highest BCUT2D eigenvalue weighted by Gasteiger charge is 2.38. The third-order valence-electron chi connectivity index (χ3n) is 7.50. The van der Waals surface area contributed by atoms with Crippen molar-refractivity contribution in [2.75, 3.05) is 0 Å². The van der Waals surface area contributed by atoms with Gasteiger partial charge in [-0.2, -0.15) is 0 Å². The third-order valence-corrected chi connectivity index (χ3v) is 7.50. The minimum atomic E-state index is 0.0538. The Kier molecular flexibility index (Phi) is 2.76. The summed E-state index contributed by atoms with van der Waals surface area (Å²) in [6, 6.07) is 27.8. The second-order valence-corrected chi connectivity index (χ2v) is 9.40. The van der Waals surface area contributed by atoms with Gasteiger partial charge in [0, 0.05) is 5.41 Å². The average Bonchev–Trinajstić information content (AvgIpc) is 3.34. The van der Waals surface area contributed by atoms with Gasteiger partial charge in [-0.25, -0.2) is 0 Å². The molecule has 7 rings (SSSR count). The van der Waals surface area contributed by atoms with Crippen LogP contribution in [0.3, 0.4) is 0 Å². The van der Waals surface area contributed by atoms with Gasteiger partial charge in [-0.05, 0) is 91.7 Å². The highest BCUT2D eigenvalue weighted by molar-refractivity contribution is 5.92. The molecule has 4 aromatic rings. The van der Waals surface area contributed by atoms with Crippen molar-refractivity contribution in [2.24, 2.45) is 0 Å². The van der Waals surface area contributed by atoms with Crippen LogP contribution < -0.4 is 0 Å². The smallest absolute Gasteiger partial charge is 0.0159 e. The molecule has 138 valence electrons. The maximum atomic E-state index is 2.50. The van der Waals surface area contributed by atoms with E-state index in [1.54, 1.807) is 0 Å². The van der Waals surface area contributed by atoms with E-state index in [1.165, 1.54) is 66.8 Å². The Bertz CT molecular complexity index is 1260. The van der Waals surface area contributed by atoms with Gasteiger partial charge in [0.1, 0.15) is 0 Å². The molecule has 0 N–H and O–H groups in total. The Labute approximate surface area is 171 Å². The minimum absolute atomic E-state index is 0.0538. The Hall–Kier alpha value is -3.12. The summed E-state index contributed by atoms with van der Waals surface area (Å²) in [5.41, 5.74) is 17.5. The van der Waals surface area contributed by atoms with Crippen molar-refractivity contribution in [3.63, 3.8) is 0 Å². The second-order valence-electron chi connectivity index (χ2n) is 9.40. The molecular formula is C29H22. The molecule has 29 heavy (non-hydrogen) atoms. The summed E-state index contributed by atoms with van der Waals surface area (Å²) in [7, 11) is 0. The van der Waals surface area contributed by atoms with Crippen LogP contribution in [0.1, 0.15) is 47.2 Å². The number of rotatable bonds is 0. The van der Waals surface area contributed by atoms with Gasteiger partial charge in [0.2, 0.25) is 0 Å². The fraction of sp³-hybridized carbons (Fsp3) is 0.172. The number of hydrogen-bond donors (Lipinski definition) is 0. The maximum Gasteiger partial charge on any atom is 0.0159 e. The normalized spacial score (nSPS) is 15.9. The molecule has 0 saturated heterocycles. The Morgan fingerprint density at radius 2 is 0.931 bits per heavy atom. The minimum Gasteiger partial charge on any atom is -0.0619 e. The van der Waals surface area contributed by atoms with E-state index in [0.717, 1.165) is 12.8 Å². The highest BCUT2D eigenvalue weighted by Crippen LogP contribution is 2.54. The molecule has 0 fully saturated rings. The lowest BCUT2D eigenvalue weighted by atomic mass is 9.81. The first-order valence-corrected chi connectivity index (χ1v) is 10.6. The van der Waals surface area contributed by atoms with Crippen molar-refractivity contribution in [2.45, 2.75) is 32.1 Å². The molecule has 0 unspecified atom stereocenters. The van der Waals surface area contributed by atoms with Crippen LogP contribution in [0, 0.1) is 0 Å². The van der Waals surface area contributed by atoms with Gasteiger partial charge in [0.15, 0.2) is 0 Å². The first kappa shape index (κ1) is 15.8. The molecule has 0 amide bonds. The fourth-order valence-electron chi connectivity index (χ4n) is 5.99. The van der Waals surface area contributed by atoms with E-state index in [1.807, 2.05) is 0 Å². The van der Waals surface area contributed by atoms with Crippen LogP contribution in [-0.2, 0) is 18.3 Å². The standard InChI is InChI=1S/C29H22/c1-29(2)27-13-19-11-17-7-3-5-9-21(17)23(19)15-25(27)26-16-24-20(14-28(26)29)12-18-8-4-6-10-22(18)24/h3-10,13-16H,11-12H2,1-2H3. The van der Waals surface area contributed by atoms with Crippen LogP contribution in [0.25, 0.3) is 33.4 Å². The zero-order valence-corrected chi connectivity index (χ0v) is 16.8. The fourth-order valence-corrected chi connectivity index (χ4v) is 5.99. The van der Waals surface area contributed by atoms with Gasteiger partial charge in [-0.15, -0.1) is 0 Å². The maximum absolute atomic E-state index is 2.50. The number of hydrogen-bond acceptors (Lipinski definition) is 0. The lowest BCUT2D eigenvalue weighted by Crippen LogP contribution is -2.15. The molecule has 0 bridgehead atoms. The number of benzene rings is 4. The molecule has 3 aliphatic carbocycles. The molecule has 0 saturated carbocycles. The van der Waals surface area contributed by atoms with Crippen LogP contribution in [0.15, 0.2) is 72.8 Å². The van der Waals surface area contributed by atoms with E-state index in [-0.39, 0.29) is 5.41 Å². The lowest BCUT2D eigenvalue weighted by molar-refractivity contribution is 0.659. The quantitative estimate of drug-likeness (QED) is 0.267. The first-order chi connectivity index (χ1) is 14.1. The summed E-state index contributed by atoms with van der Waals surface area (Å²) in [6.45, 7) is 4.81. The zero-order chi connectivity index (χ0) is 19.3. The van der Waals surface area contributed by atoms with E-state index in [2.05, 4.69) is 86.6 Å². The Morgan fingerprint density at radius 3 is 1.41 bits per heavy atom. The first-order valence-electron chi connectivity index (χ1n) is 10.6. The summed E-state index contributed by atoms with van der Waals surface area (Å²) in [6.07, 6.45) is 2.13. The highest BCUT2D eigenvalue weighted by atomic mass is 14.4. The monoisotopic (exact) mass is 370 g/mol. The molecule has 0 nitrogen and oxygen atoms in total. The predicted octanol–water partition coefficient (Wildman–Crippen LogP) is 7.14. The molecule has 4 aromatic carbocycles. The molecule has 0 heterocycles. The van der Waals surface area contributed by atoms with E-state index in [4.69, 9.17) is 0 Å². The molecule has 3 aliphatic rings. The van der Waals surface area contributed by atoms with Crippen molar-refractivity contribution >= 4 is 0 Å². The van der Waals surface area contributed by atoms with Crippen molar-refractivity contribution in [1.29, 1.82) is 0 Å². The van der Waals surface area contributed by atoms with Gasteiger partial charge in [0.05, 0.1) is 0 Å². The van der Waals surface area contributed by atoms with Crippen LogP contribution in [0.2, 0.25) is 0 Å². The Morgan fingerprint density at radius 1 is 0.483 bits per heavy atom. The van der Waals surface area contributed by atoms with Crippen molar-refractivity contribution in [1.82, 2.24) is 0 Å². The molecule has 0 aromatic heterocycles. The predicted molar refractivity (Wildman–Crippen MR) is 120 cm³/mol. The van der Waals surface area contributed by atoms with Crippen LogP contribution in [0.5, 0.6) is 0 Å². The van der Waals surface area contributed by atoms with Crippen molar-refractivity contribution in [3.8, 4) is 33.4 Å². The molecular weight excluding hydrogens is 348 g/mol. The van der Waals surface area contributed by atoms with Gasteiger partial charge in [-0.1, -0.05) is 74.5 Å². The molecule has 0 spiro atoms. The Balaban J connectivity index is 1.50. The summed E-state index contributed by atoms with van der Waals surface area (Å²) < 4.78 is 0. The van der Waals surface area contributed by atoms with Gasteiger partial charge in [0.25, 0.3) is 0 Å². The molecule has 0 atom stereocenters. The summed E-state index contributed by atoms with van der Waals surface area (Å²) in [5.74, 6) is 0. The van der Waals surface area contributed by atoms with E-state index < -0.39 is 0 Å². The third kappa shape index (κ3) is 1.90. The van der Waals surface area contributed by atoms with Crippen LogP contribution in [-0.4, -0.2) is 0 Å². The SMILES string of the molecule is CC1(C)c2cc3c(cc2-c2cc4c(cc21)Cc1ccccc1-4)-c1ccccc1C3. The van der Waals surface area contributed by atoms with Gasteiger partial charge in [-0.3, -0.25) is 0 Å². The largest absolute Gasteiger partial charge is 0.0619 e. The van der Waals surface area contributed by atoms with E-state index in [9.17, 15) is 0 Å². The van der Waals surface area contributed by atoms with Crippen LogP contribution in [0.4, 0.5) is 0 Å². The van der Waals surface area contributed by atoms with Gasteiger partial charge >= 0.3 is 0 Å². The average molecular weight is 370 g/mol.